The van der Waals surface area contributed by atoms with E-state index in [0.717, 1.165) is 77.2 Å². The number of aryl methyl sites for hydroxylation is 3. The highest BCUT2D eigenvalue weighted by molar-refractivity contribution is 7.15. The number of rotatable bonds is 11. The molecule has 326 valence electrons. The van der Waals surface area contributed by atoms with Crippen LogP contribution in [0.5, 0.6) is 11.5 Å². The summed E-state index contributed by atoms with van der Waals surface area (Å²) in [7, 11) is 0. The largest absolute Gasteiger partial charge is 0.508 e. The van der Waals surface area contributed by atoms with E-state index in [2.05, 4.69) is 129 Å². The number of nitrogens with one attached hydrogen (secondary N) is 1. The topological polar surface area (TPSA) is 114 Å². The molecule has 0 amide bonds. The van der Waals surface area contributed by atoms with Gasteiger partial charge in [0, 0.05) is 52.3 Å². The highest BCUT2D eigenvalue weighted by Crippen LogP contribution is 2.47. The van der Waals surface area contributed by atoms with E-state index in [1.807, 2.05) is 19.1 Å². The van der Waals surface area contributed by atoms with Crippen LogP contribution >= 0.6 is 11.3 Å². The summed E-state index contributed by atoms with van der Waals surface area (Å²) in [6.07, 6.45) is 11.8. The summed E-state index contributed by atoms with van der Waals surface area (Å²) in [6.45, 7) is 8.00. The Balaban J connectivity index is 0.749. The molecule has 2 saturated heterocycles. The van der Waals surface area contributed by atoms with E-state index < -0.39 is 0 Å². The van der Waals surface area contributed by atoms with E-state index in [9.17, 15) is 5.11 Å². The second-order valence-electron chi connectivity index (χ2n) is 18.2. The lowest BCUT2D eigenvalue weighted by molar-refractivity contribution is 0.0246. The van der Waals surface area contributed by atoms with Crippen molar-refractivity contribution in [2.75, 3.05) is 18.5 Å². The van der Waals surface area contributed by atoms with Crippen LogP contribution in [-0.4, -0.2) is 66.7 Å². The number of aliphatic imine (C=N–C) groups is 1. The number of ether oxygens (including phenoxy) is 1. The lowest BCUT2D eigenvalue weighted by atomic mass is 9.69. The normalized spacial score (nSPS) is 22.8. The Morgan fingerprint density at radius 3 is 2.44 bits per heavy atom. The Hall–Kier alpha value is -6.04. The second-order valence-corrected chi connectivity index (χ2v) is 19.4. The molecule has 11 rings (SSSR count). The van der Waals surface area contributed by atoms with E-state index in [0.29, 0.717) is 48.7 Å². The fourth-order valence-corrected chi connectivity index (χ4v) is 12.5. The molecule has 7 aromatic rings. The summed E-state index contributed by atoms with van der Waals surface area (Å²) in [5.74, 6) is 4.17. The summed E-state index contributed by atoms with van der Waals surface area (Å²) >= 11 is 1.77. The van der Waals surface area contributed by atoms with Gasteiger partial charge in [-0.2, -0.15) is 0 Å². The van der Waals surface area contributed by atoms with Gasteiger partial charge in [-0.15, -0.1) is 21.5 Å². The fourth-order valence-electron chi connectivity index (χ4n) is 11.3. The highest BCUT2D eigenvalue weighted by atomic mass is 32.1. The molecule has 11 heteroatoms. The Kier molecular flexibility index (Phi) is 10.9. The van der Waals surface area contributed by atoms with Gasteiger partial charge in [-0.05, 0) is 129 Å². The van der Waals surface area contributed by atoms with Crippen LogP contribution in [0.4, 0.5) is 5.69 Å². The number of aromatic nitrogens is 4. The van der Waals surface area contributed by atoms with Gasteiger partial charge in [0.15, 0.2) is 11.7 Å². The first-order valence-corrected chi connectivity index (χ1v) is 23.9. The van der Waals surface area contributed by atoms with Crippen molar-refractivity contribution in [3.8, 4) is 16.5 Å². The van der Waals surface area contributed by atoms with Gasteiger partial charge in [-0.3, -0.25) is 14.5 Å². The van der Waals surface area contributed by atoms with E-state index in [-0.39, 0.29) is 12.0 Å². The lowest BCUT2D eigenvalue weighted by Gasteiger charge is -2.49. The molecular weight excluding hydrogens is 815 g/mol. The summed E-state index contributed by atoms with van der Waals surface area (Å²) < 4.78 is 14.3. The first-order chi connectivity index (χ1) is 31.3. The molecule has 5 atom stereocenters. The standard InChI is InChI=1S/C53H55N7O3S/c1-32-33(2)64-53-49(32)51(56-47(31-48-54-24-26-63-48)52-58-57-34(3)60(52)53)37-12-17-39(18-13-37)55-40-29-41-10-7-11-42(30-40)59(41)25-27-62-44-20-14-36(15-21-44)50-45(35-8-5-4-6-9-35)22-16-38-28-43(61)19-23-46(38)50/h4-6,8-9,12-15,17-21,23-24,26,28,40-42,45,47,50,55,61H,7,10-11,16,22,25,27,29-31H2,1-3H3/t41-,42-,45-,47?,50+/m1/s1. The number of hydrogen-bond acceptors (Lipinski definition) is 10. The van der Waals surface area contributed by atoms with E-state index in [1.165, 1.54) is 52.0 Å². The van der Waals surface area contributed by atoms with Crippen LogP contribution in [0.1, 0.15) is 118 Å². The van der Waals surface area contributed by atoms with Gasteiger partial charge < -0.3 is 19.6 Å². The Morgan fingerprint density at radius 2 is 1.67 bits per heavy atom. The van der Waals surface area contributed by atoms with Crippen LogP contribution in [0.25, 0.3) is 5.00 Å². The molecule has 6 heterocycles. The van der Waals surface area contributed by atoms with Crippen LogP contribution in [0.15, 0.2) is 119 Å². The van der Waals surface area contributed by atoms with E-state index >= 15 is 0 Å². The van der Waals surface area contributed by atoms with Gasteiger partial charge in [-0.1, -0.05) is 67.1 Å². The molecule has 1 unspecified atom stereocenters. The molecule has 2 bridgehead atoms. The summed E-state index contributed by atoms with van der Waals surface area (Å²) in [4.78, 5) is 13.9. The Bertz CT molecular complexity index is 2770. The number of aromatic hydroxyl groups is 1. The summed E-state index contributed by atoms with van der Waals surface area (Å²) in [6, 6.07) is 35.8. The number of nitrogens with zero attached hydrogens (tertiary/aromatic N) is 6. The van der Waals surface area contributed by atoms with Gasteiger partial charge in [0.2, 0.25) is 0 Å². The molecule has 0 spiro atoms. The van der Waals surface area contributed by atoms with Gasteiger partial charge in [0.05, 0.1) is 18.3 Å². The van der Waals surface area contributed by atoms with E-state index in [1.54, 1.807) is 23.8 Å². The van der Waals surface area contributed by atoms with Crippen molar-refractivity contribution in [1.29, 1.82) is 0 Å². The SMILES string of the molecule is Cc1sc2c(c1C)C(c1ccc(NC3C[C@H]4CCC[C@H](C3)N4CCOc3ccc([C@@H]4c5ccc(O)cc5CC[C@@H]4c4ccccc4)cc3)cc1)=NC(Cc1ncco1)c1nnc(C)n1-2. The molecule has 64 heavy (non-hydrogen) atoms. The number of piperidine rings is 2. The minimum absolute atomic E-state index is 0.227. The van der Waals surface area contributed by atoms with Crippen LogP contribution in [0, 0.1) is 20.8 Å². The molecule has 2 N–H and O–H groups in total. The zero-order valence-electron chi connectivity index (χ0n) is 36.8. The molecule has 3 aromatic heterocycles. The number of phenolic OH excluding ortho intramolecular Hbond substituents is 1. The van der Waals surface area contributed by atoms with Crippen molar-refractivity contribution in [2.24, 2.45) is 4.99 Å². The van der Waals surface area contributed by atoms with Gasteiger partial charge >= 0.3 is 0 Å². The number of thiophene rings is 1. The lowest BCUT2D eigenvalue weighted by Crippen LogP contribution is -2.55. The van der Waals surface area contributed by atoms with Crippen molar-refractivity contribution >= 4 is 22.7 Å². The van der Waals surface area contributed by atoms with Crippen molar-refractivity contribution in [1.82, 2.24) is 24.6 Å². The predicted octanol–water partition coefficient (Wildman–Crippen LogP) is 10.8. The van der Waals surface area contributed by atoms with Crippen molar-refractivity contribution in [3.63, 3.8) is 0 Å². The Morgan fingerprint density at radius 1 is 0.875 bits per heavy atom. The monoisotopic (exact) mass is 869 g/mol. The molecular formula is C53H55N7O3S. The van der Waals surface area contributed by atoms with Crippen molar-refractivity contribution < 1.29 is 14.3 Å². The first-order valence-electron chi connectivity index (χ1n) is 23.1. The molecule has 4 aliphatic rings. The average molecular weight is 870 g/mol. The smallest absolute Gasteiger partial charge is 0.196 e. The van der Waals surface area contributed by atoms with Crippen LogP contribution in [-0.2, 0) is 12.8 Å². The third kappa shape index (κ3) is 7.72. The molecule has 2 fully saturated rings. The minimum atomic E-state index is -0.293. The average Bonchev–Trinajstić information content (AvgIpc) is 4.02. The van der Waals surface area contributed by atoms with Crippen LogP contribution < -0.4 is 10.1 Å². The van der Waals surface area contributed by atoms with Crippen LogP contribution in [0.2, 0.25) is 0 Å². The quantitative estimate of drug-likeness (QED) is 0.132. The number of anilines is 1. The van der Waals surface area contributed by atoms with Crippen molar-refractivity contribution in [2.45, 2.75) is 108 Å². The number of phenols is 1. The zero-order chi connectivity index (χ0) is 43.3. The minimum Gasteiger partial charge on any atom is -0.508 e. The fraction of sp³-hybridized carbons (Fsp3) is 0.358. The number of fused-ring (bicyclic) bond motifs is 6. The highest BCUT2D eigenvalue weighted by Gasteiger charge is 2.39. The van der Waals surface area contributed by atoms with Crippen molar-refractivity contribution in [3.05, 3.63) is 171 Å². The maximum absolute atomic E-state index is 10.3. The predicted molar refractivity (Wildman–Crippen MR) is 253 cm³/mol. The third-order valence-electron chi connectivity index (χ3n) is 14.4. The van der Waals surface area contributed by atoms with Crippen LogP contribution in [0.3, 0.4) is 0 Å². The molecule has 3 aliphatic heterocycles. The maximum Gasteiger partial charge on any atom is 0.196 e. The third-order valence-corrected chi connectivity index (χ3v) is 15.6. The summed E-state index contributed by atoms with van der Waals surface area (Å²) in [5.41, 5.74) is 10.8. The zero-order valence-corrected chi connectivity index (χ0v) is 37.6. The number of hydrogen-bond donors (Lipinski definition) is 2. The summed E-state index contributed by atoms with van der Waals surface area (Å²) in [5, 5.41) is 24.5. The second kappa shape index (κ2) is 17.2. The van der Waals surface area contributed by atoms with E-state index in [4.69, 9.17) is 14.1 Å². The maximum atomic E-state index is 10.3. The first kappa shape index (κ1) is 40.7. The molecule has 0 radical (unpaired) electrons. The Labute approximate surface area is 379 Å². The van der Waals surface area contributed by atoms with Gasteiger partial charge in [-0.25, -0.2) is 4.98 Å². The number of benzene rings is 4. The molecule has 1 aliphatic carbocycles. The van der Waals surface area contributed by atoms with Gasteiger partial charge in [0.1, 0.15) is 41.2 Å². The molecule has 0 saturated carbocycles. The number of oxazole rings is 1. The molecule has 10 nitrogen and oxygen atoms in total. The molecule has 4 aromatic carbocycles. The van der Waals surface area contributed by atoms with Gasteiger partial charge in [0.25, 0.3) is 0 Å².